The molecule has 4 aromatic rings. The normalized spacial score (nSPS) is 26.9. The molecule has 0 amide bonds. The molecule has 2 heterocycles. The molecule has 4 nitrogen and oxygen atoms in total. The van der Waals surface area contributed by atoms with Gasteiger partial charge in [0.2, 0.25) is 0 Å². The SMILES string of the molecule is c1ccc(CO[C@H]2[C@@H]3OC(c4ccccc4)OC[C@H]3O[C@H](Sc3ccccc3)[C@@H]2Sc2ccccc2)cc1. The number of hydrogen-bond donors (Lipinski definition) is 0. The molecule has 4 aromatic carbocycles. The highest BCUT2D eigenvalue weighted by molar-refractivity contribution is 8.03. The summed E-state index contributed by atoms with van der Waals surface area (Å²) in [4.78, 5) is 2.34. The van der Waals surface area contributed by atoms with Crippen molar-refractivity contribution in [3.05, 3.63) is 132 Å². The molecule has 38 heavy (non-hydrogen) atoms. The van der Waals surface area contributed by atoms with E-state index in [1.54, 1.807) is 23.5 Å². The molecule has 6 heteroatoms. The maximum absolute atomic E-state index is 6.78. The predicted molar refractivity (Wildman–Crippen MR) is 152 cm³/mol. The Morgan fingerprint density at radius 2 is 1.24 bits per heavy atom. The van der Waals surface area contributed by atoms with Crippen LogP contribution in [0.25, 0.3) is 0 Å². The van der Waals surface area contributed by atoms with Crippen molar-refractivity contribution in [1.82, 2.24) is 0 Å². The summed E-state index contributed by atoms with van der Waals surface area (Å²) in [6.07, 6.45) is -1.17. The molecule has 0 bridgehead atoms. The fraction of sp³-hybridized carbons (Fsp3) is 0.250. The van der Waals surface area contributed by atoms with Gasteiger partial charge in [0.1, 0.15) is 23.7 Å². The largest absolute Gasteiger partial charge is 0.369 e. The van der Waals surface area contributed by atoms with Crippen LogP contribution in [0.4, 0.5) is 0 Å². The van der Waals surface area contributed by atoms with E-state index in [4.69, 9.17) is 18.9 Å². The molecule has 0 aliphatic carbocycles. The lowest BCUT2D eigenvalue weighted by atomic mass is 10.00. The Morgan fingerprint density at radius 3 is 1.89 bits per heavy atom. The predicted octanol–water partition coefficient (Wildman–Crippen LogP) is 7.36. The Kier molecular flexibility index (Phi) is 8.46. The van der Waals surface area contributed by atoms with Gasteiger partial charge in [0.15, 0.2) is 6.29 Å². The minimum Gasteiger partial charge on any atom is -0.369 e. The molecular weight excluding hydrogens is 512 g/mol. The van der Waals surface area contributed by atoms with Crippen molar-refractivity contribution >= 4 is 23.5 Å². The van der Waals surface area contributed by atoms with Crippen molar-refractivity contribution < 1.29 is 18.9 Å². The van der Waals surface area contributed by atoms with Gasteiger partial charge in [-0.2, -0.15) is 0 Å². The van der Waals surface area contributed by atoms with Gasteiger partial charge in [-0.1, -0.05) is 109 Å². The second-order valence-corrected chi connectivity index (χ2v) is 11.7. The van der Waals surface area contributed by atoms with Crippen molar-refractivity contribution in [2.45, 2.75) is 51.7 Å². The van der Waals surface area contributed by atoms with E-state index in [-0.39, 0.29) is 29.0 Å². The molecule has 0 N–H and O–H groups in total. The third-order valence-electron chi connectivity index (χ3n) is 6.65. The van der Waals surface area contributed by atoms with Gasteiger partial charge in [-0.15, -0.1) is 11.8 Å². The van der Waals surface area contributed by atoms with Crippen molar-refractivity contribution in [2.24, 2.45) is 0 Å². The van der Waals surface area contributed by atoms with Crippen LogP contribution in [0.5, 0.6) is 0 Å². The summed E-state index contributed by atoms with van der Waals surface area (Å²) in [6, 6.07) is 41.3. The fourth-order valence-electron chi connectivity index (χ4n) is 4.79. The van der Waals surface area contributed by atoms with Gasteiger partial charge in [0.05, 0.1) is 18.5 Å². The van der Waals surface area contributed by atoms with E-state index in [0.717, 1.165) is 16.0 Å². The van der Waals surface area contributed by atoms with Crippen LogP contribution in [0.1, 0.15) is 17.4 Å². The van der Waals surface area contributed by atoms with Gasteiger partial charge in [-0.25, -0.2) is 0 Å². The number of rotatable bonds is 8. The standard InChI is InChI=1S/C32H30O4S2/c1-5-13-23(14-6-1)21-33-29-28-27(22-34-31(36-28)24-15-7-2-8-16-24)35-32(38-26-19-11-4-12-20-26)30(29)37-25-17-9-3-10-18-25/h1-20,27-32H,21-22H2/t27-,28-,29+,30-,31?,32-/m1/s1. The molecule has 0 aromatic heterocycles. The lowest BCUT2D eigenvalue weighted by Gasteiger charge is -2.49. The highest BCUT2D eigenvalue weighted by atomic mass is 32.2. The Bertz CT molecular complexity index is 1260. The van der Waals surface area contributed by atoms with Crippen molar-refractivity contribution in [1.29, 1.82) is 0 Å². The fourth-order valence-corrected chi connectivity index (χ4v) is 7.37. The first-order valence-electron chi connectivity index (χ1n) is 12.9. The molecule has 2 aliphatic heterocycles. The second kappa shape index (κ2) is 12.5. The summed E-state index contributed by atoms with van der Waals surface area (Å²) in [5, 5.41) is -0.0120. The minimum atomic E-state index is -0.454. The summed E-state index contributed by atoms with van der Waals surface area (Å²) >= 11 is 3.53. The molecule has 1 unspecified atom stereocenters. The van der Waals surface area contributed by atoms with E-state index >= 15 is 0 Å². The smallest absolute Gasteiger partial charge is 0.184 e. The molecule has 6 atom stereocenters. The summed E-state index contributed by atoms with van der Waals surface area (Å²) < 4.78 is 26.4. The Balaban J connectivity index is 1.33. The zero-order valence-electron chi connectivity index (χ0n) is 20.9. The summed E-state index contributed by atoms with van der Waals surface area (Å²) in [5.41, 5.74) is 1.99. The van der Waals surface area contributed by atoms with Gasteiger partial charge in [-0.05, 0) is 29.8 Å². The average Bonchev–Trinajstić information content (AvgIpc) is 2.99. The van der Waals surface area contributed by atoms with Crippen LogP contribution in [0.3, 0.4) is 0 Å². The summed E-state index contributed by atoms with van der Waals surface area (Å²) in [5.74, 6) is 0. The van der Waals surface area contributed by atoms with Crippen LogP contribution in [-0.2, 0) is 25.6 Å². The minimum absolute atomic E-state index is 0.0120. The molecule has 2 fully saturated rings. The third-order valence-corrected chi connectivity index (χ3v) is 9.34. The molecule has 0 radical (unpaired) electrons. The number of fused-ring (bicyclic) bond motifs is 1. The molecule has 0 spiro atoms. The Labute approximate surface area is 232 Å². The van der Waals surface area contributed by atoms with Crippen LogP contribution < -0.4 is 0 Å². The van der Waals surface area contributed by atoms with E-state index < -0.39 is 6.29 Å². The summed E-state index contributed by atoms with van der Waals surface area (Å²) in [7, 11) is 0. The second-order valence-electron chi connectivity index (χ2n) is 9.31. The van der Waals surface area contributed by atoms with Crippen LogP contribution in [0.15, 0.2) is 131 Å². The van der Waals surface area contributed by atoms with Gasteiger partial charge < -0.3 is 18.9 Å². The van der Waals surface area contributed by atoms with E-state index in [0.29, 0.717) is 13.2 Å². The van der Waals surface area contributed by atoms with Crippen molar-refractivity contribution in [3.63, 3.8) is 0 Å². The van der Waals surface area contributed by atoms with Crippen LogP contribution in [-0.4, -0.2) is 35.6 Å². The number of hydrogen-bond acceptors (Lipinski definition) is 6. The molecule has 6 rings (SSSR count). The molecule has 0 saturated carbocycles. The van der Waals surface area contributed by atoms with E-state index in [1.165, 1.54) is 4.90 Å². The lowest BCUT2D eigenvalue weighted by molar-refractivity contribution is -0.306. The van der Waals surface area contributed by atoms with Gasteiger partial charge >= 0.3 is 0 Å². The van der Waals surface area contributed by atoms with Gasteiger partial charge in [0.25, 0.3) is 0 Å². The van der Waals surface area contributed by atoms with Crippen molar-refractivity contribution in [2.75, 3.05) is 6.61 Å². The van der Waals surface area contributed by atoms with Crippen LogP contribution in [0, 0.1) is 0 Å². The van der Waals surface area contributed by atoms with E-state index in [9.17, 15) is 0 Å². The van der Waals surface area contributed by atoms with Crippen LogP contribution >= 0.6 is 23.5 Å². The van der Waals surface area contributed by atoms with Crippen LogP contribution in [0.2, 0.25) is 0 Å². The highest BCUT2D eigenvalue weighted by Gasteiger charge is 2.51. The maximum Gasteiger partial charge on any atom is 0.184 e. The Morgan fingerprint density at radius 1 is 0.658 bits per heavy atom. The summed E-state index contributed by atoms with van der Waals surface area (Å²) in [6.45, 7) is 0.952. The van der Waals surface area contributed by atoms with Crippen molar-refractivity contribution in [3.8, 4) is 0 Å². The number of ether oxygens (including phenoxy) is 4. The lowest BCUT2D eigenvalue weighted by Crippen LogP contribution is -2.60. The van der Waals surface area contributed by atoms with Gasteiger partial charge in [0, 0.05) is 15.4 Å². The molecule has 2 saturated heterocycles. The zero-order valence-corrected chi connectivity index (χ0v) is 22.5. The first-order chi connectivity index (χ1) is 18.8. The first-order valence-corrected chi connectivity index (χ1v) is 14.7. The van der Waals surface area contributed by atoms with E-state index in [1.807, 2.05) is 60.7 Å². The molecule has 194 valence electrons. The molecular formula is C32H30O4S2. The number of thioether (sulfide) groups is 2. The third kappa shape index (κ3) is 6.18. The topological polar surface area (TPSA) is 36.9 Å². The first kappa shape index (κ1) is 25.7. The van der Waals surface area contributed by atoms with E-state index in [2.05, 4.69) is 60.7 Å². The quantitative estimate of drug-likeness (QED) is 0.232. The zero-order chi connectivity index (χ0) is 25.6. The monoisotopic (exact) mass is 542 g/mol. The highest BCUT2D eigenvalue weighted by Crippen LogP contribution is 2.46. The van der Waals surface area contributed by atoms with Gasteiger partial charge in [-0.3, -0.25) is 0 Å². The Hall–Kier alpha value is -2.58. The average molecular weight is 543 g/mol. The maximum atomic E-state index is 6.78. The molecule has 2 aliphatic rings. The number of benzene rings is 4.